The van der Waals surface area contributed by atoms with E-state index in [1.807, 2.05) is 24.3 Å². The zero-order valence-electron chi connectivity index (χ0n) is 16.7. The van der Waals surface area contributed by atoms with E-state index in [4.69, 9.17) is 14.2 Å². The number of nitrogens with one attached hydrogen (secondary N) is 1. The molecule has 0 aromatic heterocycles. The monoisotopic (exact) mass is 398 g/mol. The molecule has 0 saturated carbocycles. The van der Waals surface area contributed by atoms with Gasteiger partial charge in [-0.05, 0) is 55.3 Å². The van der Waals surface area contributed by atoms with Gasteiger partial charge in [-0.15, -0.1) is 0 Å². The number of carbonyl (C=O) groups excluding carboxylic acids is 2. The number of amides is 2. The third kappa shape index (κ3) is 5.71. The Morgan fingerprint density at radius 3 is 2.62 bits per heavy atom. The van der Waals surface area contributed by atoms with E-state index in [9.17, 15) is 9.59 Å². The zero-order chi connectivity index (χ0) is 20.6. The van der Waals surface area contributed by atoms with Crippen LogP contribution in [0.3, 0.4) is 0 Å². The van der Waals surface area contributed by atoms with Gasteiger partial charge in [-0.3, -0.25) is 9.59 Å². The smallest absolute Gasteiger partial charge is 0.253 e. The van der Waals surface area contributed by atoms with Crippen molar-refractivity contribution in [2.45, 2.75) is 18.9 Å². The van der Waals surface area contributed by atoms with E-state index < -0.39 is 6.10 Å². The van der Waals surface area contributed by atoms with Gasteiger partial charge in [-0.1, -0.05) is 6.07 Å². The Labute approximate surface area is 170 Å². The van der Waals surface area contributed by atoms with Gasteiger partial charge >= 0.3 is 0 Å². The van der Waals surface area contributed by atoms with Crippen LogP contribution in [0.2, 0.25) is 0 Å². The zero-order valence-corrected chi connectivity index (χ0v) is 16.7. The van der Waals surface area contributed by atoms with Gasteiger partial charge < -0.3 is 24.4 Å². The second-order valence-electron chi connectivity index (χ2n) is 6.82. The van der Waals surface area contributed by atoms with Crippen LogP contribution in [0.1, 0.15) is 23.2 Å². The number of benzene rings is 2. The average molecular weight is 398 g/mol. The highest BCUT2D eigenvalue weighted by Crippen LogP contribution is 2.18. The normalized spacial score (nSPS) is 15.6. The third-order valence-electron chi connectivity index (χ3n) is 4.70. The van der Waals surface area contributed by atoms with Gasteiger partial charge in [0, 0.05) is 24.9 Å². The maximum absolute atomic E-state index is 12.7. The number of hydrogen-bond donors (Lipinski definition) is 1. The molecule has 7 nitrogen and oxygen atoms in total. The van der Waals surface area contributed by atoms with E-state index in [1.165, 1.54) is 0 Å². The van der Waals surface area contributed by atoms with Gasteiger partial charge in [0.05, 0.1) is 13.7 Å². The summed E-state index contributed by atoms with van der Waals surface area (Å²) >= 11 is 0. The fraction of sp³-hybridized carbons (Fsp3) is 0.364. The Hall–Kier alpha value is -3.06. The predicted octanol–water partition coefficient (Wildman–Crippen LogP) is 2.96. The number of carbonyl (C=O) groups is 2. The number of nitrogens with zero attached hydrogens (tertiary/aromatic N) is 1. The fourth-order valence-electron chi connectivity index (χ4n) is 3.03. The van der Waals surface area contributed by atoms with Crippen LogP contribution in [0.5, 0.6) is 11.5 Å². The highest BCUT2D eigenvalue weighted by Gasteiger charge is 2.23. The molecule has 2 aromatic rings. The molecule has 1 heterocycles. The fourth-order valence-corrected chi connectivity index (χ4v) is 3.03. The van der Waals surface area contributed by atoms with Crippen molar-refractivity contribution in [1.29, 1.82) is 0 Å². The lowest BCUT2D eigenvalue weighted by Crippen LogP contribution is -2.31. The largest absolute Gasteiger partial charge is 0.497 e. The Morgan fingerprint density at radius 2 is 1.93 bits per heavy atom. The van der Waals surface area contributed by atoms with E-state index in [0.717, 1.165) is 18.6 Å². The van der Waals surface area contributed by atoms with Gasteiger partial charge in [0.1, 0.15) is 24.2 Å². The minimum Gasteiger partial charge on any atom is -0.497 e. The summed E-state index contributed by atoms with van der Waals surface area (Å²) in [6.07, 6.45) is 1.20. The van der Waals surface area contributed by atoms with Crippen molar-refractivity contribution >= 4 is 17.5 Å². The summed E-state index contributed by atoms with van der Waals surface area (Å²) in [4.78, 5) is 26.5. The van der Waals surface area contributed by atoms with Crippen molar-refractivity contribution in [3.63, 3.8) is 0 Å². The molecule has 1 saturated heterocycles. The molecule has 1 fully saturated rings. The van der Waals surface area contributed by atoms with Crippen LogP contribution in [0, 0.1) is 0 Å². The molecule has 154 valence electrons. The molecule has 0 aliphatic carbocycles. The van der Waals surface area contributed by atoms with E-state index in [-0.39, 0.29) is 11.8 Å². The van der Waals surface area contributed by atoms with E-state index in [0.29, 0.717) is 36.8 Å². The maximum Gasteiger partial charge on any atom is 0.253 e. The Bertz CT molecular complexity index is 831. The molecule has 1 unspecified atom stereocenters. The van der Waals surface area contributed by atoms with E-state index in [1.54, 1.807) is 43.3 Å². The van der Waals surface area contributed by atoms with Gasteiger partial charge in [0.15, 0.2) is 0 Å². The first-order chi connectivity index (χ1) is 14.1. The summed E-state index contributed by atoms with van der Waals surface area (Å²) in [5, 5.41) is 2.82. The molecule has 1 N–H and O–H groups in total. The molecule has 2 amide bonds. The highest BCUT2D eigenvalue weighted by molar-refractivity contribution is 5.98. The number of ether oxygens (including phenoxy) is 3. The van der Waals surface area contributed by atoms with Crippen molar-refractivity contribution in [1.82, 2.24) is 4.90 Å². The van der Waals surface area contributed by atoms with Crippen molar-refractivity contribution in [3.8, 4) is 11.5 Å². The topological polar surface area (TPSA) is 77.1 Å². The molecule has 1 atom stereocenters. The van der Waals surface area contributed by atoms with Crippen LogP contribution in [0.4, 0.5) is 5.69 Å². The van der Waals surface area contributed by atoms with Crippen LogP contribution in [0.15, 0.2) is 48.5 Å². The lowest BCUT2D eigenvalue weighted by molar-refractivity contribution is -0.124. The van der Waals surface area contributed by atoms with Gasteiger partial charge in [0.2, 0.25) is 0 Å². The number of likely N-dealkylation sites (N-methyl/N-ethyl adjacent to an activating group) is 1. The van der Waals surface area contributed by atoms with Crippen molar-refractivity contribution in [2.24, 2.45) is 0 Å². The molecule has 1 aliphatic heterocycles. The summed E-state index contributed by atoms with van der Waals surface area (Å²) in [6.45, 7) is 1.40. The predicted molar refractivity (Wildman–Crippen MR) is 109 cm³/mol. The summed E-state index contributed by atoms with van der Waals surface area (Å²) in [7, 11) is 3.33. The van der Waals surface area contributed by atoms with Gasteiger partial charge in [0.25, 0.3) is 11.8 Å². The second kappa shape index (κ2) is 9.93. The van der Waals surface area contributed by atoms with E-state index in [2.05, 4.69) is 5.32 Å². The molecule has 3 rings (SSSR count). The summed E-state index contributed by atoms with van der Waals surface area (Å²) in [5.41, 5.74) is 1.08. The molecule has 0 bridgehead atoms. The molecular formula is C22H26N2O5. The molecule has 1 aliphatic rings. The molecule has 29 heavy (non-hydrogen) atoms. The SMILES string of the molecule is COc1ccc(OCCN(C)C(=O)c2cccc(NC(=O)C3CCCO3)c2)cc1. The van der Waals surface area contributed by atoms with Crippen LogP contribution in [0.25, 0.3) is 0 Å². The quantitative estimate of drug-likeness (QED) is 0.740. The van der Waals surface area contributed by atoms with E-state index >= 15 is 0 Å². The molecule has 0 spiro atoms. The molecule has 7 heteroatoms. The van der Waals surface area contributed by atoms with Crippen molar-refractivity contribution < 1.29 is 23.8 Å². The highest BCUT2D eigenvalue weighted by atomic mass is 16.5. The molecule has 0 radical (unpaired) electrons. The first kappa shape index (κ1) is 20.7. The minimum atomic E-state index is -0.410. The number of anilines is 1. The minimum absolute atomic E-state index is 0.142. The lowest BCUT2D eigenvalue weighted by Gasteiger charge is -2.18. The van der Waals surface area contributed by atoms with Gasteiger partial charge in [-0.25, -0.2) is 0 Å². The second-order valence-corrected chi connectivity index (χ2v) is 6.82. The summed E-state index contributed by atoms with van der Waals surface area (Å²) in [5.74, 6) is 1.16. The van der Waals surface area contributed by atoms with Crippen LogP contribution < -0.4 is 14.8 Å². The average Bonchev–Trinajstić information content (AvgIpc) is 3.29. The lowest BCUT2D eigenvalue weighted by atomic mass is 10.1. The van der Waals surface area contributed by atoms with Crippen LogP contribution >= 0.6 is 0 Å². The number of hydrogen-bond acceptors (Lipinski definition) is 5. The standard InChI is InChI=1S/C22H26N2O5/c1-24(12-14-28-19-10-8-18(27-2)9-11-19)22(26)16-5-3-6-17(15-16)23-21(25)20-7-4-13-29-20/h3,5-6,8-11,15,20H,4,7,12-14H2,1-2H3,(H,23,25). The van der Waals surface area contributed by atoms with Crippen LogP contribution in [-0.2, 0) is 9.53 Å². The first-order valence-electron chi connectivity index (χ1n) is 9.61. The summed E-state index contributed by atoms with van der Waals surface area (Å²) in [6, 6.07) is 14.2. The van der Waals surface area contributed by atoms with Crippen molar-refractivity contribution in [3.05, 3.63) is 54.1 Å². The number of rotatable bonds is 8. The van der Waals surface area contributed by atoms with Crippen molar-refractivity contribution in [2.75, 3.05) is 39.2 Å². The Morgan fingerprint density at radius 1 is 1.17 bits per heavy atom. The molecular weight excluding hydrogens is 372 g/mol. The first-order valence-corrected chi connectivity index (χ1v) is 9.61. The maximum atomic E-state index is 12.7. The Balaban J connectivity index is 1.51. The Kier molecular flexibility index (Phi) is 7.08. The van der Waals surface area contributed by atoms with Gasteiger partial charge in [-0.2, -0.15) is 0 Å². The molecule has 2 aromatic carbocycles. The van der Waals surface area contributed by atoms with Crippen LogP contribution in [-0.4, -0.2) is 56.7 Å². The third-order valence-corrected chi connectivity index (χ3v) is 4.70. The summed E-state index contributed by atoms with van der Waals surface area (Å²) < 4.78 is 16.2. The number of methoxy groups -OCH3 is 1.